The van der Waals surface area contributed by atoms with Gasteiger partial charge in [0.2, 0.25) is 0 Å². The summed E-state index contributed by atoms with van der Waals surface area (Å²) in [6, 6.07) is 17.2. The Balaban J connectivity index is 1.58. The lowest BCUT2D eigenvalue weighted by molar-refractivity contribution is -0.384. The van der Waals surface area contributed by atoms with Crippen molar-refractivity contribution in [2.75, 3.05) is 4.90 Å². The highest BCUT2D eigenvalue weighted by Crippen LogP contribution is 2.37. The zero-order valence-corrected chi connectivity index (χ0v) is 16.8. The van der Waals surface area contributed by atoms with Gasteiger partial charge in [-0.3, -0.25) is 19.8 Å². The summed E-state index contributed by atoms with van der Waals surface area (Å²) in [7, 11) is 0. The molecule has 0 spiro atoms. The number of hydrogen-bond acceptors (Lipinski definition) is 6. The summed E-state index contributed by atoms with van der Waals surface area (Å²) in [4.78, 5) is 25.2. The van der Waals surface area contributed by atoms with Crippen LogP contribution in [0, 0.1) is 17.0 Å². The first-order chi connectivity index (χ1) is 13.9. The highest BCUT2D eigenvalue weighted by molar-refractivity contribution is 8.27. The van der Waals surface area contributed by atoms with E-state index in [2.05, 4.69) is 0 Å². The Morgan fingerprint density at radius 1 is 1.14 bits per heavy atom. The van der Waals surface area contributed by atoms with Gasteiger partial charge in [-0.05, 0) is 48.9 Å². The number of aryl methyl sites for hydroxylation is 1. The number of thioether (sulfide) groups is 1. The summed E-state index contributed by atoms with van der Waals surface area (Å²) in [6.45, 7) is 1.96. The number of carbonyl (C=O) groups excluding carboxylic acids is 1. The van der Waals surface area contributed by atoms with Gasteiger partial charge < -0.3 is 4.42 Å². The Bertz CT molecular complexity index is 1170. The van der Waals surface area contributed by atoms with Gasteiger partial charge in [0.1, 0.15) is 11.5 Å². The van der Waals surface area contributed by atoms with Crippen LogP contribution in [0.4, 0.5) is 11.4 Å². The van der Waals surface area contributed by atoms with Gasteiger partial charge in [-0.1, -0.05) is 36.1 Å². The molecule has 1 saturated heterocycles. The number of rotatable bonds is 4. The van der Waals surface area contributed by atoms with Crippen LogP contribution in [0.1, 0.15) is 11.3 Å². The molecule has 3 aromatic rings. The fourth-order valence-electron chi connectivity index (χ4n) is 2.92. The van der Waals surface area contributed by atoms with E-state index in [1.165, 1.54) is 28.8 Å². The van der Waals surface area contributed by atoms with E-state index in [0.29, 0.717) is 26.3 Å². The fourth-order valence-corrected chi connectivity index (χ4v) is 4.20. The zero-order valence-electron chi connectivity index (χ0n) is 15.2. The number of benzene rings is 2. The van der Waals surface area contributed by atoms with Crippen LogP contribution >= 0.6 is 24.0 Å². The topological polar surface area (TPSA) is 76.6 Å². The zero-order chi connectivity index (χ0) is 20.5. The first kappa shape index (κ1) is 19.1. The molecule has 8 heteroatoms. The van der Waals surface area contributed by atoms with Gasteiger partial charge in [-0.25, -0.2) is 0 Å². The minimum Gasteiger partial charge on any atom is -0.457 e. The molecule has 1 fully saturated rings. The van der Waals surface area contributed by atoms with Gasteiger partial charge >= 0.3 is 0 Å². The van der Waals surface area contributed by atoms with Crippen molar-refractivity contribution >= 4 is 51.7 Å². The number of carbonyl (C=O) groups is 1. The molecule has 6 nitrogen and oxygen atoms in total. The Morgan fingerprint density at radius 2 is 1.90 bits per heavy atom. The Morgan fingerprint density at radius 3 is 2.59 bits per heavy atom. The average Bonchev–Trinajstić information content (AvgIpc) is 3.26. The number of hydrogen-bond donors (Lipinski definition) is 0. The molecule has 2 heterocycles. The van der Waals surface area contributed by atoms with E-state index in [9.17, 15) is 14.9 Å². The first-order valence-corrected chi connectivity index (χ1v) is 9.84. The summed E-state index contributed by atoms with van der Waals surface area (Å²) >= 11 is 6.61. The van der Waals surface area contributed by atoms with Crippen LogP contribution in [0.25, 0.3) is 17.4 Å². The number of amides is 1. The molecule has 1 aliphatic heterocycles. The number of thiocarbonyl (C=S) groups is 1. The molecule has 1 aliphatic rings. The minimum atomic E-state index is -0.451. The molecule has 0 saturated carbocycles. The van der Waals surface area contributed by atoms with Crippen molar-refractivity contribution in [2.45, 2.75) is 6.92 Å². The molecular formula is C21H14N2O4S2. The van der Waals surface area contributed by atoms with E-state index in [0.717, 1.165) is 11.3 Å². The number of non-ortho nitro benzene ring substituents is 1. The molecule has 4 rings (SSSR count). The monoisotopic (exact) mass is 422 g/mol. The van der Waals surface area contributed by atoms with E-state index >= 15 is 0 Å². The van der Waals surface area contributed by atoms with E-state index in [1.54, 1.807) is 30.3 Å². The van der Waals surface area contributed by atoms with Crippen LogP contribution in [-0.4, -0.2) is 15.2 Å². The first-order valence-electron chi connectivity index (χ1n) is 8.62. The third-order valence-corrected chi connectivity index (χ3v) is 5.62. The van der Waals surface area contributed by atoms with Gasteiger partial charge in [0.15, 0.2) is 4.32 Å². The third-order valence-electron chi connectivity index (χ3n) is 4.32. The maximum absolute atomic E-state index is 12.9. The molecule has 0 aliphatic carbocycles. The highest BCUT2D eigenvalue weighted by atomic mass is 32.2. The fraction of sp³-hybridized carbons (Fsp3) is 0.0476. The van der Waals surface area contributed by atoms with Crippen molar-refractivity contribution in [2.24, 2.45) is 0 Å². The van der Waals surface area contributed by atoms with Crippen LogP contribution in [0.15, 0.2) is 70.0 Å². The lowest BCUT2D eigenvalue weighted by atomic mass is 10.1. The molecule has 0 atom stereocenters. The van der Waals surface area contributed by atoms with Gasteiger partial charge in [0, 0.05) is 23.8 Å². The molecule has 1 amide bonds. The Kier molecular flexibility index (Phi) is 5.04. The maximum Gasteiger partial charge on any atom is 0.270 e. The van der Waals surface area contributed by atoms with Gasteiger partial charge in [0.05, 0.1) is 15.5 Å². The van der Waals surface area contributed by atoms with Crippen molar-refractivity contribution in [3.63, 3.8) is 0 Å². The highest BCUT2D eigenvalue weighted by Gasteiger charge is 2.33. The number of anilines is 1. The molecule has 2 aromatic carbocycles. The average molecular weight is 422 g/mol. The van der Waals surface area contributed by atoms with Crippen LogP contribution in [-0.2, 0) is 4.79 Å². The van der Waals surface area contributed by atoms with Crippen LogP contribution in [0.5, 0.6) is 0 Å². The van der Waals surface area contributed by atoms with E-state index in [1.807, 2.05) is 31.2 Å². The maximum atomic E-state index is 12.9. The van der Waals surface area contributed by atoms with Crippen LogP contribution in [0.2, 0.25) is 0 Å². The van der Waals surface area contributed by atoms with Gasteiger partial charge in [0.25, 0.3) is 11.6 Å². The number of furan rings is 1. The quantitative estimate of drug-likeness (QED) is 0.237. The van der Waals surface area contributed by atoms with Crippen molar-refractivity contribution in [3.8, 4) is 11.3 Å². The summed E-state index contributed by atoms with van der Waals surface area (Å²) in [5, 5.41) is 10.8. The number of nitrogens with zero attached hydrogens (tertiary/aromatic N) is 2. The second kappa shape index (κ2) is 7.65. The second-order valence-electron chi connectivity index (χ2n) is 6.36. The summed E-state index contributed by atoms with van der Waals surface area (Å²) in [5.41, 5.74) is 2.50. The van der Waals surface area contributed by atoms with E-state index in [4.69, 9.17) is 16.6 Å². The van der Waals surface area contributed by atoms with Crippen molar-refractivity contribution in [1.29, 1.82) is 0 Å². The molecular weight excluding hydrogens is 408 g/mol. The van der Waals surface area contributed by atoms with Crippen LogP contribution < -0.4 is 4.90 Å². The predicted octanol–water partition coefficient (Wildman–Crippen LogP) is 5.57. The predicted molar refractivity (Wildman–Crippen MR) is 118 cm³/mol. The molecule has 144 valence electrons. The molecule has 0 N–H and O–H groups in total. The summed E-state index contributed by atoms with van der Waals surface area (Å²) in [5.74, 6) is 0.863. The van der Waals surface area contributed by atoms with Crippen molar-refractivity contribution in [1.82, 2.24) is 0 Å². The molecule has 1 aromatic heterocycles. The Hall–Kier alpha value is -3.23. The standard InChI is InChI=1S/C21H14N2O4S2/c1-13-3-2-4-16(11-13)22-20(24)19(29-21(22)28)12-17-9-10-18(27-17)14-5-7-15(8-6-14)23(25)26/h2-12H,1H3. The normalized spacial score (nSPS) is 15.3. The summed E-state index contributed by atoms with van der Waals surface area (Å²) < 4.78 is 6.27. The lowest BCUT2D eigenvalue weighted by Crippen LogP contribution is -2.27. The number of nitro groups is 1. The smallest absolute Gasteiger partial charge is 0.270 e. The second-order valence-corrected chi connectivity index (χ2v) is 8.04. The minimum absolute atomic E-state index is 0.0142. The largest absolute Gasteiger partial charge is 0.457 e. The lowest BCUT2D eigenvalue weighted by Gasteiger charge is -2.14. The van der Waals surface area contributed by atoms with Gasteiger partial charge in [-0.2, -0.15) is 0 Å². The molecule has 29 heavy (non-hydrogen) atoms. The van der Waals surface area contributed by atoms with Gasteiger partial charge in [-0.15, -0.1) is 0 Å². The Labute approximate surface area is 176 Å². The third kappa shape index (κ3) is 3.85. The molecule has 0 unspecified atom stereocenters. The summed E-state index contributed by atoms with van der Waals surface area (Å²) in [6.07, 6.45) is 1.66. The SMILES string of the molecule is Cc1cccc(N2C(=O)C(=Cc3ccc(-c4ccc([N+](=O)[O-])cc4)o3)SC2=S)c1. The van der Waals surface area contributed by atoms with Crippen molar-refractivity contribution < 1.29 is 14.1 Å². The number of nitro benzene ring substituents is 1. The molecule has 0 bridgehead atoms. The molecule has 0 radical (unpaired) electrons. The van der Waals surface area contributed by atoms with Crippen LogP contribution in [0.3, 0.4) is 0 Å². The van der Waals surface area contributed by atoms with E-state index < -0.39 is 4.92 Å². The van der Waals surface area contributed by atoms with Crippen molar-refractivity contribution in [3.05, 3.63) is 87.0 Å². The van der Waals surface area contributed by atoms with E-state index in [-0.39, 0.29) is 11.6 Å².